The highest BCUT2D eigenvalue weighted by Crippen LogP contribution is 2.35. The third-order valence-corrected chi connectivity index (χ3v) is 5.63. The van der Waals surface area contributed by atoms with Gasteiger partial charge in [-0.2, -0.15) is 0 Å². The lowest BCUT2D eigenvalue weighted by atomic mass is 9.95. The molecular formula is C19H19N3OS. The molecule has 1 aromatic carbocycles. The van der Waals surface area contributed by atoms with Crippen LogP contribution in [-0.2, 0) is 12.8 Å². The number of aromatic nitrogens is 1. The van der Waals surface area contributed by atoms with Gasteiger partial charge in [-0.3, -0.25) is 4.79 Å². The Morgan fingerprint density at radius 2 is 1.96 bits per heavy atom. The molecule has 0 aliphatic heterocycles. The smallest absolute Gasteiger partial charge is 0.267 e. The first-order valence-corrected chi connectivity index (χ1v) is 9.02. The fourth-order valence-corrected chi connectivity index (χ4v) is 4.14. The van der Waals surface area contributed by atoms with Gasteiger partial charge < -0.3 is 11.1 Å². The first-order valence-electron chi connectivity index (χ1n) is 8.20. The fourth-order valence-electron chi connectivity index (χ4n) is 3.15. The van der Waals surface area contributed by atoms with Crippen molar-refractivity contribution < 1.29 is 4.79 Å². The molecule has 0 saturated carbocycles. The number of benzene rings is 1. The first-order chi connectivity index (χ1) is 11.6. The van der Waals surface area contributed by atoms with Crippen molar-refractivity contribution in [2.24, 2.45) is 0 Å². The van der Waals surface area contributed by atoms with Crippen LogP contribution in [0.15, 0.2) is 30.3 Å². The van der Waals surface area contributed by atoms with Crippen molar-refractivity contribution in [3.63, 3.8) is 0 Å². The Hall–Kier alpha value is -2.40. The summed E-state index contributed by atoms with van der Waals surface area (Å²) < 4.78 is 0. The van der Waals surface area contributed by atoms with E-state index in [2.05, 4.69) is 11.4 Å². The number of nitrogens with zero attached hydrogens (tertiary/aromatic N) is 1. The van der Waals surface area contributed by atoms with E-state index in [9.17, 15) is 4.79 Å². The zero-order valence-corrected chi connectivity index (χ0v) is 14.4. The maximum atomic E-state index is 12.6. The van der Waals surface area contributed by atoms with E-state index in [0.29, 0.717) is 10.6 Å². The Labute approximate surface area is 144 Å². The summed E-state index contributed by atoms with van der Waals surface area (Å²) in [6.07, 6.45) is 4.46. The number of nitrogen functional groups attached to an aromatic ring is 1. The molecule has 0 unspecified atom stereocenters. The zero-order valence-electron chi connectivity index (χ0n) is 13.6. The van der Waals surface area contributed by atoms with Crippen molar-refractivity contribution in [3.05, 3.63) is 52.0 Å². The van der Waals surface area contributed by atoms with Gasteiger partial charge in [0.25, 0.3) is 5.91 Å². The van der Waals surface area contributed by atoms with Crippen LogP contribution in [0.3, 0.4) is 0 Å². The van der Waals surface area contributed by atoms with E-state index < -0.39 is 0 Å². The molecular weight excluding hydrogens is 318 g/mol. The molecule has 0 fully saturated rings. The minimum absolute atomic E-state index is 0.169. The average molecular weight is 337 g/mol. The van der Waals surface area contributed by atoms with Crippen molar-refractivity contribution in [1.82, 2.24) is 4.98 Å². The fraction of sp³-hybridized carbons (Fsp3) is 0.263. The predicted molar refractivity (Wildman–Crippen MR) is 99.8 cm³/mol. The molecule has 0 saturated heterocycles. The summed E-state index contributed by atoms with van der Waals surface area (Å²) in [5, 5.41) is 3.83. The van der Waals surface area contributed by atoms with Crippen molar-refractivity contribution in [3.8, 4) is 0 Å². The van der Waals surface area contributed by atoms with Crippen molar-refractivity contribution in [1.29, 1.82) is 0 Å². The van der Waals surface area contributed by atoms with Crippen LogP contribution in [0.1, 0.15) is 39.3 Å². The summed E-state index contributed by atoms with van der Waals surface area (Å²) in [5.41, 5.74) is 11.2. The van der Waals surface area contributed by atoms with Gasteiger partial charge in [0.05, 0.1) is 5.69 Å². The lowest BCUT2D eigenvalue weighted by Crippen LogP contribution is -2.11. The number of anilines is 2. The van der Waals surface area contributed by atoms with E-state index in [1.807, 2.05) is 31.2 Å². The Morgan fingerprint density at radius 1 is 1.21 bits per heavy atom. The van der Waals surface area contributed by atoms with Crippen molar-refractivity contribution in [2.75, 3.05) is 11.1 Å². The van der Waals surface area contributed by atoms with Gasteiger partial charge in [-0.1, -0.05) is 17.7 Å². The molecule has 24 heavy (non-hydrogen) atoms. The third kappa shape index (κ3) is 2.65. The number of aryl methyl sites for hydroxylation is 3. The average Bonchev–Trinajstić information content (AvgIpc) is 2.91. The number of pyridine rings is 1. The van der Waals surface area contributed by atoms with Gasteiger partial charge >= 0.3 is 0 Å². The summed E-state index contributed by atoms with van der Waals surface area (Å²) in [4.78, 5) is 18.8. The van der Waals surface area contributed by atoms with Gasteiger partial charge in [-0.15, -0.1) is 11.3 Å². The van der Waals surface area contributed by atoms with E-state index in [-0.39, 0.29) is 5.91 Å². The van der Waals surface area contributed by atoms with Crippen LogP contribution in [0, 0.1) is 6.92 Å². The van der Waals surface area contributed by atoms with Gasteiger partial charge in [0.15, 0.2) is 0 Å². The van der Waals surface area contributed by atoms with Crippen LogP contribution < -0.4 is 11.1 Å². The highest BCUT2D eigenvalue weighted by atomic mass is 32.1. The molecule has 4 nitrogen and oxygen atoms in total. The number of amides is 1. The molecule has 122 valence electrons. The Kier molecular flexibility index (Phi) is 3.73. The summed E-state index contributed by atoms with van der Waals surface area (Å²) in [6.45, 7) is 2.02. The van der Waals surface area contributed by atoms with Crippen LogP contribution in [0.2, 0.25) is 0 Å². The Bertz CT molecular complexity index is 928. The van der Waals surface area contributed by atoms with E-state index in [1.54, 1.807) is 0 Å². The first kappa shape index (κ1) is 15.1. The maximum absolute atomic E-state index is 12.6. The number of carbonyl (C=O) groups is 1. The van der Waals surface area contributed by atoms with Gasteiger partial charge in [-0.25, -0.2) is 4.98 Å². The molecule has 0 atom stereocenters. The minimum atomic E-state index is -0.169. The number of nitrogens with two attached hydrogens (primary N) is 1. The standard InChI is InChI=1S/C19H19N3OS/c1-11-6-8-13(9-7-11)21-18(23)17-16(20)14-10-12-4-2-3-5-15(12)22-19(14)24-17/h6-10H,2-5,20H2,1H3,(H,21,23). The second-order valence-electron chi connectivity index (χ2n) is 6.32. The van der Waals surface area contributed by atoms with Crippen LogP contribution in [0.25, 0.3) is 10.2 Å². The summed E-state index contributed by atoms with van der Waals surface area (Å²) >= 11 is 1.38. The maximum Gasteiger partial charge on any atom is 0.267 e. The molecule has 3 N–H and O–H groups in total. The van der Waals surface area contributed by atoms with E-state index in [4.69, 9.17) is 10.7 Å². The molecule has 2 heterocycles. The normalized spacial score (nSPS) is 13.7. The molecule has 1 amide bonds. The number of hydrogen-bond donors (Lipinski definition) is 2. The van der Waals surface area contributed by atoms with Gasteiger partial charge in [-0.05, 0) is 56.4 Å². The summed E-state index contributed by atoms with van der Waals surface area (Å²) in [7, 11) is 0. The topological polar surface area (TPSA) is 68.0 Å². The number of nitrogens with one attached hydrogen (secondary N) is 1. The van der Waals surface area contributed by atoms with Crippen LogP contribution in [-0.4, -0.2) is 10.9 Å². The second-order valence-corrected chi connectivity index (χ2v) is 7.32. The van der Waals surface area contributed by atoms with Crippen molar-refractivity contribution >= 4 is 38.8 Å². The third-order valence-electron chi connectivity index (χ3n) is 4.52. The van der Waals surface area contributed by atoms with Gasteiger partial charge in [0.2, 0.25) is 0 Å². The highest BCUT2D eigenvalue weighted by Gasteiger charge is 2.20. The molecule has 0 spiro atoms. The van der Waals surface area contributed by atoms with Crippen molar-refractivity contribution in [2.45, 2.75) is 32.6 Å². The lowest BCUT2D eigenvalue weighted by Gasteiger charge is -2.14. The molecule has 0 bridgehead atoms. The highest BCUT2D eigenvalue weighted by molar-refractivity contribution is 7.21. The Morgan fingerprint density at radius 3 is 2.75 bits per heavy atom. The number of hydrogen-bond acceptors (Lipinski definition) is 4. The lowest BCUT2D eigenvalue weighted by molar-refractivity contribution is 0.103. The quantitative estimate of drug-likeness (QED) is 0.732. The Balaban J connectivity index is 1.69. The molecule has 2 aromatic heterocycles. The van der Waals surface area contributed by atoms with Crippen LogP contribution >= 0.6 is 11.3 Å². The SMILES string of the molecule is Cc1ccc(NC(=O)c2sc3nc4c(cc3c2N)CCCC4)cc1. The van der Waals surface area contributed by atoms with Gasteiger partial charge in [0, 0.05) is 16.8 Å². The predicted octanol–water partition coefficient (Wildman–Crippen LogP) is 4.32. The summed E-state index contributed by atoms with van der Waals surface area (Å²) in [5.74, 6) is -0.169. The molecule has 1 aliphatic carbocycles. The number of fused-ring (bicyclic) bond motifs is 2. The molecule has 3 aromatic rings. The largest absolute Gasteiger partial charge is 0.397 e. The van der Waals surface area contributed by atoms with E-state index in [1.165, 1.54) is 35.4 Å². The second kappa shape index (κ2) is 5.91. The number of thiophene rings is 1. The number of rotatable bonds is 2. The number of carbonyl (C=O) groups excluding carboxylic acids is 1. The molecule has 4 rings (SSSR count). The monoisotopic (exact) mass is 337 g/mol. The minimum Gasteiger partial charge on any atom is -0.397 e. The molecule has 5 heteroatoms. The van der Waals surface area contributed by atoms with E-state index >= 15 is 0 Å². The molecule has 1 aliphatic rings. The molecule has 0 radical (unpaired) electrons. The summed E-state index contributed by atoms with van der Waals surface area (Å²) in [6, 6.07) is 9.87. The van der Waals surface area contributed by atoms with Crippen LogP contribution in [0.4, 0.5) is 11.4 Å². The van der Waals surface area contributed by atoms with Crippen LogP contribution in [0.5, 0.6) is 0 Å². The van der Waals surface area contributed by atoms with E-state index in [0.717, 1.165) is 34.3 Å². The zero-order chi connectivity index (χ0) is 16.7. The van der Waals surface area contributed by atoms with Gasteiger partial charge in [0.1, 0.15) is 9.71 Å².